The average Bonchev–Trinajstić information content (AvgIpc) is 3.24. The van der Waals surface area contributed by atoms with Crippen molar-refractivity contribution < 1.29 is 42.1 Å². The van der Waals surface area contributed by atoms with Crippen LogP contribution in [-0.4, -0.2) is 55.9 Å². The van der Waals surface area contributed by atoms with Crippen molar-refractivity contribution in [3.8, 4) is 0 Å². The van der Waals surface area contributed by atoms with Crippen LogP contribution >= 0.6 is 0 Å². The number of ether oxygens (including phenoxy) is 4. The topological polar surface area (TPSA) is 100 Å². The van der Waals surface area contributed by atoms with Crippen LogP contribution in [0.3, 0.4) is 0 Å². The first-order valence-electron chi connectivity index (χ1n) is 13.1. The van der Waals surface area contributed by atoms with Crippen LogP contribution in [0, 0.1) is 5.92 Å². The van der Waals surface area contributed by atoms with Crippen LogP contribution in [0.5, 0.6) is 0 Å². The Bertz CT molecular complexity index is 1290. The molecule has 0 saturated carbocycles. The summed E-state index contributed by atoms with van der Waals surface area (Å²) in [4.78, 5) is 38.5. The molecule has 0 aliphatic carbocycles. The molecule has 1 N–H and O–H groups in total. The maximum absolute atomic E-state index is 15.3. The minimum absolute atomic E-state index is 0.0299. The molecule has 3 aromatic carbocycles. The highest BCUT2D eigenvalue weighted by Crippen LogP contribution is 2.43. The molecular formula is C31H31F2NO7. The first kappa shape index (κ1) is 29.8. The number of rotatable bonds is 12. The van der Waals surface area contributed by atoms with E-state index in [1.807, 2.05) is 6.07 Å². The minimum atomic E-state index is -3.57. The summed E-state index contributed by atoms with van der Waals surface area (Å²) in [6, 6.07) is 24.7. The van der Waals surface area contributed by atoms with Gasteiger partial charge >= 0.3 is 18.0 Å². The molecule has 10 heteroatoms. The van der Waals surface area contributed by atoms with Gasteiger partial charge < -0.3 is 24.3 Å². The van der Waals surface area contributed by atoms with E-state index in [4.69, 9.17) is 18.9 Å². The van der Waals surface area contributed by atoms with Gasteiger partial charge in [0, 0.05) is 13.5 Å². The van der Waals surface area contributed by atoms with E-state index in [-0.39, 0.29) is 18.6 Å². The molecule has 1 amide bonds. The second kappa shape index (κ2) is 14.0. The van der Waals surface area contributed by atoms with Crippen molar-refractivity contribution in [3.63, 3.8) is 0 Å². The van der Waals surface area contributed by atoms with Gasteiger partial charge in [0.25, 0.3) is 0 Å². The number of hydrogen-bond acceptors (Lipinski definition) is 7. The largest absolute Gasteiger partial charge is 0.459 e. The van der Waals surface area contributed by atoms with Gasteiger partial charge in [-0.2, -0.15) is 0 Å². The Morgan fingerprint density at radius 3 is 2.07 bits per heavy atom. The molecule has 1 heterocycles. The van der Waals surface area contributed by atoms with E-state index in [0.29, 0.717) is 5.56 Å². The van der Waals surface area contributed by atoms with Crippen molar-refractivity contribution in [2.45, 2.75) is 43.8 Å². The number of Topliss-reactive ketones (excluding diaryl/α,β-unsaturated/α-hetero) is 1. The summed E-state index contributed by atoms with van der Waals surface area (Å²) in [5, 5.41) is 2.54. The van der Waals surface area contributed by atoms with Crippen molar-refractivity contribution in [1.82, 2.24) is 5.32 Å². The zero-order valence-corrected chi connectivity index (χ0v) is 22.4. The Balaban J connectivity index is 1.47. The summed E-state index contributed by atoms with van der Waals surface area (Å²) < 4.78 is 51.4. The van der Waals surface area contributed by atoms with Crippen molar-refractivity contribution >= 4 is 17.8 Å². The maximum Gasteiger partial charge on any atom is 0.408 e. The summed E-state index contributed by atoms with van der Waals surface area (Å²) in [5.41, 5.74) is 1.70. The highest BCUT2D eigenvalue weighted by atomic mass is 19.3. The second-order valence-corrected chi connectivity index (χ2v) is 9.61. The Morgan fingerprint density at radius 1 is 0.878 bits per heavy atom. The van der Waals surface area contributed by atoms with E-state index in [0.717, 1.165) is 12.7 Å². The normalized spacial score (nSPS) is 20.1. The molecule has 0 aromatic heterocycles. The molecule has 1 fully saturated rings. The quantitative estimate of drug-likeness (QED) is 0.309. The molecule has 0 bridgehead atoms. The first-order valence-corrected chi connectivity index (χ1v) is 13.1. The zero-order valence-electron chi connectivity index (χ0n) is 22.4. The van der Waals surface area contributed by atoms with Gasteiger partial charge in [-0.3, -0.25) is 4.79 Å². The van der Waals surface area contributed by atoms with Gasteiger partial charge in [0.2, 0.25) is 6.29 Å². The maximum atomic E-state index is 15.3. The molecule has 1 aliphatic rings. The number of halogens is 2. The average molecular weight is 568 g/mol. The Labute approximate surface area is 236 Å². The van der Waals surface area contributed by atoms with Gasteiger partial charge in [-0.1, -0.05) is 78.9 Å². The Kier molecular flexibility index (Phi) is 10.2. The number of methoxy groups -OCH3 is 1. The second-order valence-electron chi connectivity index (χ2n) is 9.61. The van der Waals surface area contributed by atoms with Gasteiger partial charge in [0.15, 0.2) is 5.78 Å². The minimum Gasteiger partial charge on any atom is -0.459 e. The van der Waals surface area contributed by atoms with E-state index in [2.05, 4.69) is 5.32 Å². The van der Waals surface area contributed by atoms with Gasteiger partial charge in [-0.25, -0.2) is 18.4 Å². The number of alkyl halides is 2. The van der Waals surface area contributed by atoms with Crippen molar-refractivity contribution in [2.75, 3.05) is 13.7 Å². The Morgan fingerprint density at radius 2 is 1.46 bits per heavy atom. The van der Waals surface area contributed by atoms with Crippen LogP contribution in [0.15, 0.2) is 91.0 Å². The molecule has 4 rings (SSSR count). The van der Waals surface area contributed by atoms with Gasteiger partial charge in [-0.15, -0.1) is 0 Å². The highest BCUT2D eigenvalue weighted by molar-refractivity contribution is 5.89. The highest BCUT2D eigenvalue weighted by Gasteiger charge is 2.60. The summed E-state index contributed by atoms with van der Waals surface area (Å²) in [7, 11) is 1.07. The van der Waals surface area contributed by atoms with Gasteiger partial charge in [0.05, 0.1) is 17.5 Å². The third-order valence-corrected chi connectivity index (χ3v) is 6.76. The number of nitrogens with one attached hydrogen (secondary N) is 1. The van der Waals surface area contributed by atoms with E-state index >= 15 is 8.78 Å². The fraction of sp³-hybridized carbons (Fsp3) is 0.323. The van der Waals surface area contributed by atoms with E-state index in [1.165, 1.54) is 12.1 Å². The molecule has 3 aromatic rings. The standard InChI is InChI=1S/C31H31F2NO7/c1-38-29-31(32,33)24(27(41-29)20-39-28(36)23-15-9-4-10-16-23)18-26(35)25(17-21-11-5-2-6-12-21)34-30(37)40-19-22-13-7-3-8-14-22/h2-16,24-25,27,29H,17-20H2,1H3,(H,34,37)/t24?,25-,27+,29+/m0/s1. The molecule has 1 aliphatic heterocycles. The van der Waals surface area contributed by atoms with Crippen LogP contribution in [0.1, 0.15) is 27.9 Å². The Hall–Kier alpha value is -4.15. The van der Waals surface area contributed by atoms with Crippen LogP contribution in [0.25, 0.3) is 0 Å². The van der Waals surface area contributed by atoms with Crippen LogP contribution < -0.4 is 5.32 Å². The third kappa shape index (κ3) is 7.96. The van der Waals surface area contributed by atoms with Crippen LogP contribution in [0.2, 0.25) is 0 Å². The van der Waals surface area contributed by atoms with Crippen molar-refractivity contribution in [2.24, 2.45) is 5.92 Å². The molecule has 1 unspecified atom stereocenters. The number of esters is 1. The summed E-state index contributed by atoms with van der Waals surface area (Å²) in [5.74, 6) is -6.62. The lowest BCUT2D eigenvalue weighted by Gasteiger charge is -2.25. The number of benzene rings is 3. The van der Waals surface area contributed by atoms with Crippen molar-refractivity contribution in [3.05, 3.63) is 108 Å². The monoisotopic (exact) mass is 567 g/mol. The van der Waals surface area contributed by atoms with Gasteiger partial charge in [-0.05, 0) is 29.7 Å². The molecule has 8 nitrogen and oxygen atoms in total. The van der Waals surface area contributed by atoms with E-state index in [9.17, 15) is 14.4 Å². The predicted octanol–water partition coefficient (Wildman–Crippen LogP) is 4.96. The zero-order chi connectivity index (χ0) is 29.2. The lowest BCUT2D eigenvalue weighted by molar-refractivity contribution is -0.209. The van der Waals surface area contributed by atoms with E-state index < -0.39 is 61.1 Å². The van der Waals surface area contributed by atoms with Crippen LogP contribution in [0.4, 0.5) is 13.6 Å². The van der Waals surface area contributed by atoms with Gasteiger partial charge in [0.1, 0.15) is 19.3 Å². The molecule has 216 valence electrons. The predicted molar refractivity (Wildman–Crippen MR) is 144 cm³/mol. The number of carbonyl (C=O) groups is 3. The molecular weight excluding hydrogens is 536 g/mol. The van der Waals surface area contributed by atoms with E-state index in [1.54, 1.807) is 72.8 Å². The number of amides is 1. The first-order chi connectivity index (χ1) is 19.8. The van der Waals surface area contributed by atoms with Crippen molar-refractivity contribution in [1.29, 1.82) is 0 Å². The lowest BCUT2D eigenvalue weighted by atomic mass is 9.88. The molecule has 0 radical (unpaired) electrons. The lowest BCUT2D eigenvalue weighted by Crippen LogP contribution is -2.46. The number of ketones is 1. The molecule has 4 atom stereocenters. The fourth-order valence-corrected chi connectivity index (χ4v) is 4.58. The van der Waals surface area contributed by atoms with Crippen LogP contribution in [-0.2, 0) is 36.8 Å². The number of alkyl carbamates (subject to hydrolysis) is 1. The summed E-state index contributed by atoms with van der Waals surface area (Å²) in [6.07, 6.45) is -4.73. The fourth-order valence-electron chi connectivity index (χ4n) is 4.58. The summed E-state index contributed by atoms with van der Waals surface area (Å²) in [6.45, 7) is -0.547. The SMILES string of the molecule is CO[C@@H]1O[C@H](COC(=O)c2ccccc2)C(CC(=O)[C@H](Cc2ccccc2)NC(=O)OCc2ccccc2)C1(F)F. The molecule has 0 spiro atoms. The number of hydrogen-bond donors (Lipinski definition) is 1. The smallest absolute Gasteiger partial charge is 0.408 e. The number of carbonyl (C=O) groups excluding carboxylic acids is 3. The summed E-state index contributed by atoms with van der Waals surface area (Å²) >= 11 is 0. The molecule has 41 heavy (non-hydrogen) atoms. The molecule has 1 saturated heterocycles. The third-order valence-electron chi connectivity index (χ3n) is 6.76.